The van der Waals surface area contributed by atoms with Gasteiger partial charge in [0.05, 0.1) is 12.1 Å². The van der Waals surface area contributed by atoms with Crippen molar-refractivity contribution in [3.63, 3.8) is 0 Å². The van der Waals surface area contributed by atoms with Crippen LogP contribution < -0.4 is 10.5 Å². The summed E-state index contributed by atoms with van der Waals surface area (Å²) in [5.41, 5.74) is 7.96. The van der Waals surface area contributed by atoms with Gasteiger partial charge in [-0.25, -0.2) is 9.97 Å². The Labute approximate surface area is 149 Å². The lowest BCUT2D eigenvalue weighted by molar-refractivity contribution is 0.263. The molecule has 1 saturated heterocycles. The number of hydrogen-bond donors (Lipinski definition) is 1. The van der Waals surface area contributed by atoms with E-state index in [1.165, 1.54) is 25.9 Å². The Kier molecular flexibility index (Phi) is 4.68. The molecule has 0 amide bonds. The third-order valence-electron chi connectivity index (χ3n) is 5.16. The number of likely N-dealkylation sites (tertiary alicyclic amines) is 1. The zero-order chi connectivity index (χ0) is 17.1. The first-order valence-corrected chi connectivity index (χ1v) is 9.30. The van der Waals surface area contributed by atoms with E-state index in [2.05, 4.69) is 27.0 Å². The molecule has 1 aliphatic carbocycles. The van der Waals surface area contributed by atoms with Crippen molar-refractivity contribution in [2.24, 2.45) is 5.73 Å². The van der Waals surface area contributed by atoms with E-state index in [-0.39, 0.29) is 5.54 Å². The van der Waals surface area contributed by atoms with Crippen LogP contribution in [0.5, 0.6) is 5.75 Å². The fourth-order valence-corrected chi connectivity index (χ4v) is 3.32. The lowest BCUT2D eigenvalue weighted by Gasteiger charge is -2.14. The Morgan fingerprint density at radius 2 is 1.68 bits per heavy atom. The monoisotopic (exact) mass is 338 g/mol. The van der Waals surface area contributed by atoms with Crippen LogP contribution in [0.25, 0.3) is 11.1 Å². The molecule has 2 heterocycles. The Bertz CT molecular complexity index is 689. The lowest BCUT2D eigenvalue weighted by Crippen LogP contribution is -2.21. The van der Waals surface area contributed by atoms with Crippen LogP contribution in [0.3, 0.4) is 0 Å². The van der Waals surface area contributed by atoms with Crippen molar-refractivity contribution in [2.45, 2.75) is 37.6 Å². The highest BCUT2D eigenvalue weighted by Gasteiger charge is 2.42. The van der Waals surface area contributed by atoms with Crippen molar-refractivity contribution in [3.8, 4) is 16.9 Å². The molecule has 1 aromatic carbocycles. The van der Waals surface area contributed by atoms with Gasteiger partial charge in [0.2, 0.25) is 0 Å². The predicted octanol–water partition coefficient (Wildman–Crippen LogP) is 2.96. The van der Waals surface area contributed by atoms with Crippen molar-refractivity contribution in [2.75, 3.05) is 26.2 Å². The summed E-state index contributed by atoms with van der Waals surface area (Å²) in [6.45, 7) is 4.41. The van der Waals surface area contributed by atoms with Crippen molar-refractivity contribution in [3.05, 3.63) is 42.5 Å². The van der Waals surface area contributed by atoms with E-state index in [1.54, 1.807) is 0 Å². The topological polar surface area (TPSA) is 64.3 Å². The molecule has 0 bridgehead atoms. The van der Waals surface area contributed by atoms with Crippen molar-refractivity contribution < 1.29 is 4.74 Å². The molecule has 0 unspecified atom stereocenters. The number of aromatic nitrogens is 2. The number of nitrogens with two attached hydrogens (primary N) is 1. The Morgan fingerprint density at radius 1 is 1.00 bits per heavy atom. The molecule has 1 aromatic heterocycles. The lowest BCUT2D eigenvalue weighted by atomic mass is 10.1. The maximum atomic E-state index is 6.13. The fourth-order valence-electron chi connectivity index (χ4n) is 3.32. The molecule has 1 aliphatic heterocycles. The van der Waals surface area contributed by atoms with E-state index in [0.717, 1.165) is 55.1 Å². The molecule has 5 nitrogen and oxygen atoms in total. The van der Waals surface area contributed by atoms with Crippen LogP contribution in [0.4, 0.5) is 0 Å². The SMILES string of the molecule is NC1(c2ncc(-c3ccc(OCCCN4CCCC4)cc3)cn2)CC1. The van der Waals surface area contributed by atoms with Crippen LogP contribution in [0, 0.1) is 0 Å². The zero-order valence-electron chi connectivity index (χ0n) is 14.7. The summed E-state index contributed by atoms with van der Waals surface area (Å²) in [5.74, 6) is 1.68. The molecular weight excluding hydrogens is 312 g/mol. The van der Waals surface area contributed by atoms with E-state index in [4.69, 9.17) is 10.5 Å². The molecule has 132 valence electrons. The van der Waals surface area contributed by atoms with Gasteiger partial charge in [-0.3, -0.25) is 0 Å². The average Bonchev–Trinajstić information content (AvgIpc) is 3.19. The molecule has 25 heavy (non-hydrogen) atoms. The summed E-state index contributed by atoms with van der Waals surface area (Å²) in [7, 11) is 0. The third kappa shape index (κ3) is 3.99. The second kappa shape index (κ2) is 7.10. The van der Waals surface area contributed by atoms with Gasteiger partial charge in [0.1, 0.15) is 11.6 Å². The van der Waals surface area contributed by atoms with Gasteiger partial charge in [0.15, 0.2) is 0 Å². The van der Waals surface area contributed by atoms with Crippen LogP contribution in [-0.4, -0.2) is 41.1 Å². The Balaban J connectivity index is 1.29. The number of ether oxygens (including phenoxy) is 1. The van der Waals surface area contributed by atoms with Crippen LogP contribution in [0.2, 0.25) is 0 Å². The molecule has 1 saturated carbocycles. The first kappa shape index (κ1) is 16.5. The summed E-state index contributed by atoms with van der Waals surface area (Å²) in [6.07, 6.45) is 9.46. The van der Waals surface area contributed by atoms with Gasteiger partial charge < -0.3 is 15.4 Å². The predicted molar refractivity (Wildman–Crippen MR) is 98.4 cm³/mol. The maximum Gasteiger partial charge on any atom is 0.148 e. The van der Waals surface area contributed by atoms with E-state index in [9.17, 15) is 0 Å². The highest BCUT2D eigenvalue weighted by Crippen LogP contribution is 2.40. The summed E-state index contributed by atoms with van der Waals surface area (Å²) in [4.78, 5) is 11.4. The second-order valence-corrected chi connectivity index (χ2v) is 7.23. The van der Waals surface area contributed by atoms with E-state index in [1.807, 2.05) is 24.5 Å². The standard InChI is InChI=1S/C20H26N4O/c21-20(8-9-20)19-22-14-17(15-23-19)16-4-6-18(7-5-16)25-13-3-12-24-10-1-2-11-24/h4-7,14-15H,1-3,8-13,21H2. The Morgan fingerprint density at radius 3 is 2.32 bits per heavy atom. The molecule has 2 aromatic rings. The number of rotatable bonds is 7. The normalized spacial score (nSPS) is 19.1. The molecule has 0 radical (unpaired) electrons. The quantitative estimate of drug-likeness (QED) is 0.786. The molecule has 0 spiro atoms. The number of nitrogens with zero attached hydrogens (tertiary/aromatic N) is 3. The van der Waals surface area contributed by atoms with Crippen LogP contribution in [0.1, 0.15) is 37.9 Å². The minimum atomic E-state index is -0.273. The molecule has 0 atom stereocenters. The second-order valence-electron chi connectivity index (χ2n) is 7.23. The first-order chi connectivity index (χ1) is 12.2. The van der Waals surface area contributed by atoms with Crippen molar-refractivity contribution in [1.82, 2.24) is 14.9 Å². The average molecular weight is 338 g/mol. The third-order valence-corrected chi connectivity index (χ3v) is 5.16. The van der Waals surface area contributed by atoms with Gasteiger partial charge in [0, 0.05) is 24.5 Å². The molecule has 2 aliphatic rings. The number of hydrogen-bond acceptors (Lipinski definition) is 5. The Hall–Kier alpha value is -1.98. The van der Waals surface area contributed by atoms with Gasteiger partial charge in [-0.05, 0) is 62.9 Å². The van der Waals surface area contributed by atoms with Crippen molar-refractivity contribution in [1.29, 1.82) is 0 Å². The highest BCUT2D eigenvalue weighted by atomic mass is 16.5. The first-order valence-electron chi connectivity index (χ1n) is 9.30. The van der Waals surface area contributed by atoms with Crippen LogP contribution in [-0.2, 0) is 5.54 Å². The zero-order valence-corrected chi connectivity index (χ0v) is 14.7. The highest BCUT2D eigenvalue weighted by molar-refractivity contribution is 5.62. The van der Waals surface area contributed by atoms with Crippen molar-refractivity contribution >= 4 is 0 Å². The molecule has 5 heteroatoms. The smallest absolute Gasteiger partial charge is 0.148 e. The largest absolute Gasteiger partial charge is 0.494 e. The minimum Gasteiger partial charge on any atom is -0.494 e. The van der Waals surface area contributed by atoms with Crippen LogP contribution in [0.15, 0.2) is 36.7 Å². The van der Waals surface area contributed by atoms with Crippen LogP contribution >= 0.6 is 0 Å². The van der Waals surface area contributed by atoms with E-state index in [0.29, 0.717) is 0 Å². The summed E-state index contributed by atoms with van der Waals surface area (Å²) >= 11 is 0. The van der Waals surface area contributed by atoms with Gasteiger partial charge in [0.25, 0.3) is 0 Å². The summed E-state index contributed by atoms with van der Waals surface area (Å²) < 4.78 is 5.85. The van der Waals surface area contributed by atoms with Gasteiger partial charge in [-0.15, -0.1) is 0 Å². The maximum absolute atomic E-state index is 6.13. The number of benzene rings is 1. The molecular formula is C20H26N4O. The van der Waals surface area contributed by atoms with Gasteiger partial charge >= 0.3 is 0 Å². The van der Waals surface area contributed by atoms with Gasteiger partial charge in [-0.1, -0.05) is 12.1 Å². The minimum absolute atomic E-state index is 0.273. The molecule has 4 rings (SSSR count). The molecule has 2 N–H and O–H groups in total. The van der Waals surface area contributed by atoms with E-state index >= 15 is 0 Å². The van der Waals surface area contributed by atoms with Gasteiger partial charge in [-0.2, -0.15) is 0 Å². The summed E-state index contributed by atoms with van der Waals surface area (Å²) in [6, 6.07) is 8.15. The molecule has 2 fully saturated rings. The fraction of sp³-hybridized carbons (Fsp3) is 0.500. The van der Waals surface area contributed by atoms with E-state index < -0.39 is 0 Å². The summed E-state index contributed by atoms with van der Waals surface area (Å²) in [5, 5.41) is 0.